The van der Waals surface area contributed by atoms with Gasteiger partial charge < -0.3 is 9.47 Å². The van der Waals surface area contributed by atoms with Gasteiger partial charge in [0.05, 0.1) is 29.7 Å². The Balaban J connectivity index is 1.80. The first-order valence-corrected chi connectivity index (χ1v) is 11.4. The standard InChI is InChI=1S/C20H25BrN2O4S/c1-15-3-5-16(6-4-15)19(23-9-11-27-12-10-23)14-22-28(24,25)17-7-8-20(26-2)18(21)13-17/h3-8,13,19,22H,9-12,14H2,1-2H3. The normalized spacial score (nSPS) is 16.7. The Bertz CT molecular complexity index is 897. The van der Waals surface area contributed by atoms with Crippen LogP contribution in [0.15, 0.2) is 51.8 Å². The van der Waals surface area contributed by atoms with Crippen LogP contribution in [0.2, 0.25) is 0 Å². The van der Waals surface area contributed by atoms with Crippen molar-refractivity contribution in [3.8, 4) is 5.75 Å². The summed E-state index contributed by atoms with van der Waals surface area (Å²) >= 11 is 3.35. The second-order valence-corrected chi connectivity index (χ2v) is 9.34. The van der Waals surface area contributed by atoms with Crippen LogP contribution in [0.1, 0.15) is 17.2 Å². The van der Waals surface area contributed by atoms with E-state index in [2.05, 4.69) is 49.8 Å². The van der Waals surface area contributed by atoms with E-state index in [9.17, 15) is 8.42 Å². The average Bonchev–Trinajstić information content (AvgIpc) is 2.70. The molecule has 0 radical (unpaired) electrons. The molecule has 0 aliphatic carbocycles. The van der Waals surface area contributed by atoms with Crippen molar-refractivity contribution in [2.45, 2.75) is 17.9 Å². The number of hydrogen-bond donors (Lipinski definition) is 1. The first kappa shape index (κ1) is 21.3. The van der Waals surface area contributed by atoms with Crippen molar-refractivity contribution in [1.82, 2.24) is 9.62 Å². The molecule has 8 heteroatoms. The van der Waals surface area contributed by atoms with Gasteiger partial charge in [-0.1, -0.05) is 29.8 Å². The highest BCUT2D eigenvalue weighted by atomic mass is 79.9. The number of hydrogen-bond acceptors (Lipinski definition) is 5. The molecule has 1 unspecified atom stereocenters. The highest BCUT2D eigenvalue weighted by molar-refractivity contribution is 9.10. The Morgan fingerprint density at radius 3 is 2.46 bits per heavy atom. The van der Waals surface area contributed by atoms with Crippen LogP contribution in [0, 0.1) is 6.92 Å². The van der Waals surface area contributed by atoms with E-state index < -0.39 is 10.0 Å². The van der Waals surface area contributed by atoms with Crippen molar-refractivity contribution in [2.24, 2.45) is 0 Å². The second-order valence-electron chi connectivity index (χ2n) is 6.72. The Kier molecular flexibility index (Phi) is 7.11. The van der Waals surface area contributed by atoms with Gasteiger partial charge in [0.2, 0.25) is 10.0 Å². The maximum Gasteiger partial charge on any atom is 0.240 e. The fourth-order valence-corrected chi connectivity index (χ4v) is 4.98. The minimum Gasteiger partial charge on any atom is -0.496 e. The van der Waals surface area contributed by atoms with Gasteiger partial charge in [0.1, 0.15) is 5.75 Å². The summed E-state index contributed by atoms with van der Waals surface area (Å²) in [6, 6.07) is 12.9. The predicted molar refractivity (Wildman–Crippen MR) is 112 cm³/mol. The number of nitrogens with one attached hydrogen (secondary N) is 1. The first-order valence-electron chi connectivity index (χ1n) is 9.12. The van der Waals surface area contributed by atoms with Crippen molar-refractivity contribution in [3.05, 3.63) is 58.1 Å². The van der Waals surface area contributed by atoms with Gasteiger partial charge in [-0.3, -0.25) is 4.90 Å². The number of aryl methyl sites for hydroxylation is 1. The highest BCUT2D eigenvalue weighted by Gasteiger charge is 2.25. The molecule has 1 aliphatic heterocycles. The van der Waals surface area contributed by atoms with E-state index in [1.54, 1.807) is 25.3 Å². The van der Waals surface area contributed by atoms with E-state index >= 15 is 0 Å². The van der Waals surface area contributed by atoms with Gasteiger partial charge in [-0.05, 0) is 46.6 Å². The van der Waals surface area contributed by atoms with Crippen molar-refractivity contribution in [2.75, 3.05) is 40.0 Å². The Hall–Kier alpha value is -1.45. The molecule has 2 aromatic carbocycles. The van der Waals surface area contributed by atoms with Gasteiger partial charge in [0, 0.05) is 25.7 Å². The third-order valence-corrected chi connectivity index (χ3v) is 6.89. The number of halogens is 1. The molecule has 0 aromatic heterocycles. The zero-order chi connectivity index (χ0) is 20.1. The highest BCUT2D eigenvalue weighted by Crippen LogP contribution is 2.28. The Morgan fingerprint density at radius 1 is 1.18 bits per heavy atom. The van der Waals surface area contributed by atoms with Crippen molar-refractivity contribution in [1.29, 1.82) is 0 Å². The second kappa shape index (κ2) is 9.37. The summed E-state index contributed by atoms with van der Waals surface area (Å²) in [5.41, 5.74) is 2.26. The van der Waals surface area contributed by atoms with Gasteiger partial charge in [-0.15, -0.1) is 0 Å². The maximum absolute atomic E-state index is 12.8. The number of benzene rings is 2. The molecule has 1 fully saturated rings. The molecule has 28 heavy (non-hydrogen) atoms. The van der Waals surface area contributed by atoms with Gasteiger partial charge >= 0.3 is 0 Å². The number of morpholine rings is 1. The molecule has 0 spiro atoms. The smallest absolute Gasteiger partial charge is 0.240 e. The van der Waals surface area contributed by atoms with Gasteiger partial charge in [0.25, 0.3) is 0 Å². The zero-order valence-corrected chi connectivity index (χ0v) is 18.4. The fourth-order valence-electron chi connectivity index (χ4n) is 3.22. The van der Waals surface area contributed by atoms with E-state index in [1.807, 2.05) is 6.92 Å². The van der Waals surface area contributed by atoms with E-state index in [0.717, 1.165) is 18.7 Å². The fraction of sp³-hybridized carbons (Fsp3) is 0.400. The largest absolute Gasteiger partial charge is 0.496 e. The van der Waals surface area contributed by atoms with E-state index in [-0.39, 0.29) is 17.5 Å². The van der Waals surface area contributed by atoms with Gasteiger partial charge in [-0.25, -0.2) is 13.1 Å². The lowest BCUT2D eigenvalue weighted by atomic mass is 10.0. The summed E-state index contributed by atoms with van der Waals surface area (Å²) in [6.45, 7) is 5.18. The summed E-state index contributed by atoms with van der Waals surface area (Å²) in [6.07, 6.45) is 0. The van der Waals surface area contributed by atoms with Gasteiger partial charge in [0.15, 0.2) is 0 Å². The summed E-state index contributed by atoms with van der Waals surface area (Å²) in [7, 11) is -2.11. The monoisotopic (exact) mass is 468 g/mol. The van der Waals surface area contributed by atoms with Crippen LogP contribution in [0.4, 0.5) is 0 Å². The van der Waals surface area contributed by atoms with Crippen molar-refractivity contribution >= 4 is 26.0 Å². The molecule has 0 saturated carbocycles. The summed E-state index contributed by atoms with van der Waals surface area (Å²) in [5.74, 6) is 0.588. The molecule has 1 atom stereocenters. The van der Waals surface area contributed by atoms with Crippen molar-refractivity contribution < 1.29 is 17.9 Å². The Labute approximate surface area is 175 Å². The molecular weight excluding hydrogens is 444 g/mol. The SMILES string of the molecule is COc1ccc(S(=O)(=O)NCC(c2ccc(C)cc2)N2CCOCC2)cc1Br. The van der Waals surface area contributed by atoms with Crippen LogP contribution in [0.5, 0.6) is 5.75 Å². The van der Waals surface area contributed by atoms with E-state index in [1.165, 1.54) is 5.56 Å². The molecule has 152 valence electrons. The lowest BCUT2D eigenvalue weighted by Gasteiger charge is -2.35. The lowest BCUT2D eigenvalue weighted by Crippen LogP contribution is -2.43. The molecule has 2 aromatic rings. The summed E-state index contributed by atoms with van der Waals surface area (Å²) in [5, 5.41) is 0. The number of methoxy groups -OCH3 is 1. The average molecular weight is 469 g/mol. The molecule has 0 bridgehead atoms. The molecule has 1 aliphatic rings. The first-order chi connectivity index (χ1) is 13.4. The van der Waals surface area contributed by atoms with Crippen LogP contribution < -0.4 is 9.46 Å². The van der Waals surface area contributed by atoms with E-state index in [4.69, 9.17) is 9.47 Å². The summed E-state index contributed by atoms with van der Waals surface area (Å²) < 4.78 is 39.7. The predicted octanol–water partition coefficient (Wildman–Crippen LogP) is 3.12. The molecule has 0 amide bonds. The van der Waals surface area contributed by atoms with Crippen LogP contribution in [-0.2, 0) is 14.8 Å². The Morgan fingerprint density at radius 2 is 1.86 bits per heavy atom. The molecule has 6 nitrogen and oxygen atoms in total. The summed E-state index contributed by atoms with van der Waals surface area (Å²) in [4.78, 5) is 2.46. The molecule has 3 rings (SSSR count). The molecule has 1 N–H and O–H groups in total. The number of ether oxygens (including phenoxy) is 2. The van der Waals surface area contributed by atoms with Crippen molar-refractivity contribution in [3.63, 3.8) is 0 Å². The van der Waals surface area contributed by atoms with E-state index in [0.29, 0.717) is 23.4 Å². The molecule has 1 saturated heterocycles. The lowest BCUT2D eigenvalue weighted by molar-refractivity contribution is 0.0172. The molecular formula is C20H25BrN2O4S. The third-order valence-electron chi connectivity index (χ3n) is 4.85. The van der Waals surface area contributed by atoms with Crippen LogP contribution in [-0.4, -0.2) is 53.3 Å². The van der Waals surface area contributed by atoms with Crippen LogP contribution in [0.25, 0.3) is 0 Å². The number of rotatable bonds is 7. The third kappa shape index (κ3) is 5.12. The topological polar surface area (TPSA) is 67.9 Å². The number of sulfonamides is 1. The zero-order valence-electron chi connectivity index (χ0n) is 16.0. The maximum atomic E-state index is 12.8. The van der Waals surface area contributed by atoms with Gasteiger partial charge in [-0.2, -0.15) is 0 Å². The molecule has 1 heterocycles. The minimum absolute atomic E-state index is 0.0547. The quantitative estimate of drug-likeness (QED) is 0.675. The minimum atomic E-state index is -3.65. The number of nitrogens with zero attached hydrogens (tertiary/aromatic N) is 1. The van der Waals surface area contributed by atoms with Crippen LogP contribution in [0.3, 0.4) is 0 Å². The van der Waals surface area contributed by atoms with Crippen LogP contribution >= 0.6 is 15.9 Å².